The van der Waals surface area contributed by atoms with E-state index in [4.69, 9.17) is 11.6 Å². The van der Waals surface area contributed by atoms with Crippen LogP contribution in [0, 0.1) is 5.82 Å². The molecule has 3 aromatic rings. The van der Waals surface area contributed by atoms with E-state index < -0.39 is 22.1 Å². The smallest absolute Gasteiger partial charge is 0.407 e. The lowest BCUT2D eigenvalue weighted by atomic mass is 10.0. The summed E-state index contributed by atoms with van der Waals surface area (Å²) in [4.78, 5) is 20.2. The van der Waals surface area contributed by atoms with Crippen molar-refractivity contribution in [2.75, 3.05) is 36.8 Å². The largest absolute Gasteiger partial charge is 0.453 e. The van der Waals surface area contributed by atoms with Crippen LogP contribution in [0.4, 0.5) is 20.8 Å². The van der Waals surface area contributed by atoms with Crippen LogP contribution in [-0.2, 0) is 14.9 Å². The monoisotopic (exact) mass is 596 g/mol. The topological polar surface area (TPSA) is 143 Å². The summed E-state index contributed by atoms with van der Waals surface area (Å²) in [5.74, 6) is -0.542. The minimum atomic E-state index is -4.01. The Kier molecular flexibility index (Phi) is 10.3. The van der Waals surface area contributed by atoms with E-state index in [-0.39, 0.29) is 47.4 Å². The molecule has 15 heteroatoms. The summed E-state index contributed by atoms with van der Waals surface area (Å²) in [6, 6.07) is 3.92. The first-order valence-corrected chi connectivity index (χ1v) is 14.5. The van der Waals surface area contributed by atoms with E-state index in [0.29, 0.717) is 23.5 Å². The number of carbonyl (C=O) groups is 1. The summed E-state index contributed by atoms with van der Waals surface area (Å²) < 4.78 is 51.3. The Balaban J connectivity index is 2.04. The molecule has 12 nitrogen and oxygen atoms in total. The van der Waals surface area contributed by atoms with Gasteiger partial charge in [-0.1, -0.05) is 25.4 Å². The van der Waals surface area contributed by atoms with E-state index in [1.165, 1.54) is 29.7 Å². The highest BCUT2D eigenvalue weighted by molar-refractivity contribution is 7.90. The summed E-state index contributed by atoms with van der Waals surface area (Å²) in [5.41, 5.74) is 0.872. The number of methoxy groups -OCH3 is 1. The van der Waals surface area contributed by atoms with Gasteiger partial charge in [-0.15, -0.1) is 0 Å². The van der Waals surface area contributed by atoms with Crippen LogP contribution in [-0.4, -0.2) is 71.4 Å². The van der Waals surface area contributed by atoms with Gasteiger partial charge in [-0.05, 0) is 39.0 Å². The standard InChI is InChI=1S/C25H34ClFN8O4S/c1-7-34(8-2)40(37,38)33-21-12-17(26)11-18(22(21)27)19-14-35(15(3)4)32-23(19)20-9-10-28-24(31-20)29-13-16(5)30-25(36)39-6/h9-12,14-16,33H,7-8,13H2,1-6H3,(H,30,36)(H,28,29,31)/t16-/m0/s1. The number of hydrogen-bond donors (Lipinski definition) is 3. The third-order valence-electron chi connectivity index (χ3n) is 5.89. The molecule has 1 atom stereocenters. The lowest BCUT2D eigenvalue weighted by molar-refractivity contribution is 0.168. The zero-order valence-corrected chi connectivity index (χ0v) is 24.8. The molecule has 3 rings (SSSR count). The normalized spacial score (nSPS) is 12.4. The van der Waals surface area contributed by atoms with Crippen molar-refractivity contribution >= 4 is 39.5 Å². The zero-order valence-electron chi connectivity index (χ0n) is 23.2. The molecule has 0 aliphatic rings. The van der Waals surface area contributed by atoms with Crippen molar-refractivity contribution in [2.24, 2.45) is 0 Å². The molecule has 0 saturated carbocycles. The SMILES string of the molecule is CCN(CC)S(=O)(=O)Nc1cc(Cl)cc(-c2cn(C(C)C)nc2-c2ccnc(NC[C@H](C)NC(=O)OC)n2)c1F. The van der Waals surface area contributed by atoms with Crippen molar-refractivity contribution < 1.29 is 22.3 Å². The van der Waals surface area contributed by atoms with Gasteiger partial charge in [0, 0.05) is 60.3 Å². The third-order valence-corrected chi connectivity index (χ3v) is 7.78. The van der Waals surface area contributed by atoms with Crippen LogP contribution in [0.1, 0.15) is 40.7 Å². The first-order chi connectivity index (χ1) is 18.9. The van der Waals surface area contributed by atoms with Crippen LogP contribution in [0.2, 0.25) is 5.02 Å². The Hall–Kier alpha value is -3.49. The number of nitrogens with one attached hydrogen (secondary N) is 3. The number of nitrogens with zero attached hydrogens (tertiary/aromatic N) is 5. The maximum Gasteiger partial charge on any atom is 0.407 e. The predicted molar refractivity (Wildman–Crippen MR) is 153 cm³/mol. The number of anilines is 2. The highest BCUT2D eigenvalue weighted by Gasteiger charge is 2.25. The van der Waals surface area contributed by atoms with Gasteiger partial charge in [0.25, 0.3) is 0 Å². The molecule has 0 unspecified atom stereocenters. The van der Waals surface area contributed by atoms with Crippen LogP contribution in [0.25, 0.3) is 22.5 Å². The van der Waals surface area contributed by atoms with Crippen LogP contribution in [0.5, 0.6) is 0 Å². The zero-order chi connectivity index (χ0) is 29.6. The fraction of sp³-hybridized carbons (Fsp3) is 0.440. The maximum absolute atomic E-state index is 15.9. The number of amides is 1. The molecule has 1 amide bonds. The Morgan fingerprint density at radius 1 is 1.20 bits per heavy atom. The highest BCUT2D eigenvalue weighted by atomic mass is 35.5. The van der Waals surface area contributed by atoms with Gasteiger partial charge >= 0.3 is 16.3 Å². The number of halogens is 2. The van der Waals surface area contributed by atoms with Gasteiger partial charge in [0.15, 0.2) is 5.82 Å². The Morgan fingerprint density at radius 3 is 2.52 bits per heavy atom. The minimum Gasteiger partial charge on any atom is -0.453 e. The number of ether oxygens (including phenoxy) is 1. The number of hydrogen-bond acceptors (Lipinski definition) is 8. The summed E-state index contributed by atoms with van der Waals surface area (Å²) in [5, 5.41) is 10.5. The molecule has 1 aromatic carbocycles. The summed E-state index contributed by atoms with van der Waals surface area (Å²) in [6.45, 7) is 9.74. The second-order valence-corrected chi connectivity index (χ2v) is 11.3. The molecule has 3 N–H and O–H groups in total. The van der Waals surface area contributed by atoms with Crippen LogP contribution in [0.3, 0.4) is 0 Å². The van der Waals surface area contributed by atoms with Gasteiger partial charge in [-0.25, -0.2) is 19.2 Å². The maximum atomic E-state index is 15.9. The van der Waals surface area contributed by atoms with Crippen molar-refractivity contribution in [3.63, 3.8) is 0 Å². The summed E-state index contributed by atoms with van der Waals surface area (Å²) in [7, 11) is -2.73. The second kappa shape index (κ2) is 13.2. The van der Waals surface area contributed by atoms with E-state index in [9.17, 15) is 13.2 Å². The molecule has 0 aliphatic heterocycles. The lowest BCUT2D eigenvalue weighted by Crippen LogP contribution is -2.37. The number of alkyl carbamates (subject to hydrolysis) is 1. The van der Waals surface area contributed by atoms with Crippen molar-refractivity contribution in [1.29, 1.82) is 0 Å². The fourth-order valence-electron chi connectivity index (χ4n) is 3.80. The molecule has 0 aliphatic carbocycles. The van der Waals surface area contributed by atoms with Crippen LogP contribution in [0.15, 0.2) is 30.6 Å². The number of aromatic nitrogens is 4. The van der Waals surface area contributed by atoms with Gasteiger partial charge in [-0.3, -0.25) is 9.40 Å². The van der Waals surface area contributed by atoms with Gasteiger partial charge in [-0.2, -0.15) is 17.8 Å². The molecule has 40 heavy (non-hydrogen) atoms. The second-order valence-electron chi connectivity index (χ2n) is 9.15. The average molecular weight is 597 g/mol. The lowest BCUT2D eigenvalue weighted by Gasteiger charge is -2.20. The molecule has 218 valence electrons. The molecule has 0 spiro atoms. The van der Waals surface area contributed by atoms with E-state index in [0.717, 1.165) is 0 Å². The molecular weight excluding hydrogens is 563 g/mol. The average Bonchev–Trinajstić information content (AvgIpc) is 3.35. The van der Waals surface area contributed by atoms with E-state index in [1.54, 1.807) is 37.7 Å². The Labute approximate surface area is 238 Å². The number of rotatable bonds is 12. The van der Waals surface area contributed by atoms with Gasteiger partial charge in [0.2, 0.25) is 5.95 Å². The van der Waals surface area contributed by atoms with Crippen molar-refractivity contribution in [3.05, 3.63) is 41.4 Å². The molecule has 0 bridgehead atoms. The molecule has 0 saturated heterocycles. The summed E-state index contributed by atoms with van der Waals surface area (Å²) in [6.07, 6.45) is 2.63. The molecular formula is C25H34ClFN8O4S. The van der Waals surface area contributed by atoms with Gasteiger partial charge in [0.05, 0.1) is 18.5 Å². The van der Waals surface area contributed by atoms with Crippen molar-refractivity contribution in [1.82, 2.24) is 29.4 Å². The Bertz CT molecular complexity index is 1450. The van der Waals surface area contributed by atoms with Gasteiger partial charge in [0.1, 0.15) is 5.69 Å². The van der Waals surface area contributed by atoms with E-state index >= 15 is 4.39 Å². The van der Waals surface area contributed by atoms with Crippen molar-refractivity contribution in [2.45, 2.75) is 46.7 Å². The molecule has 2 heterocycles. The van der Waals surface area contributed by atoms with Crippen LogP contribution >= 0.6 is 11.6 Å². The molecule has 0 fully saturated rings. The van der Waals surface area contributed by atoms with Crippen molar-refractivity contribution in [3.8, 4) is 22.5 Å². The summed E-state index contributed by atoms with van der Waals surface area (Å²) >= 11 is 6.34. The van der Waals surface area contributed by atoms with E-state index in [1.807, 2.05) is 13.8 Å². The number of carbonyl (C=O) groups excluding carboxylic acids is 1. The van der Waals surface area contributed by atoms with Crippen LogP contribution < -0.4 is 15.4 Å². The quantitative estimate of drug-likeness (QED) is 0.277. The highest BCUT2D eigenvalue weighted by Crippen LogP contribution is 2.37. The Morgan fingerprint density at radius 2 is 1.90 bits per heavy atom. The first-order valence-electron chi connectivity index (χ1n) is 12.7. The fourth-order valence-corrected chi connectivity index (χ4v) is 5.25. The minimum absolute atomic E-state index is 0.0515. The van der Waals surface area contributed by atoms with Gasteiger partial charge < -0.3 is 15.4 Å². The number of benzene rings is 1. The predicted octanol–water partition coefficient (Wildman–Crippen LogP) is 4.54. The third kappa shape index (κ3) is 7.37. The molecule has 2 aromatic heterocycles. The first kappa shape index (κ1) is 31.0. The van der Waals surface area contributed by atoms with E-state index in [2.05, 4.69) is 35.2 Å². The molecule has 0 radical (unpaired) electrons.